The largest absolute Gasteiger partial charge is 0.512 e. The van der Waals surface area contributed by atoms with Crippen LogP contribution in [0, 0.1) is 29.9 Å². The van der Waals surface area contributed by atoms with Gasteiger partial charge in [-0.1, -0.05) is 105 Å². The van der Waals surface area contributed by atoms with E-state index in [0.29, 0.717) is 5.92 Å². The SMILES string of the molecule is CCC(C)(CC)C(=O)/C=C(\O)C(C)(CC)CC.[CH2-][n+]1ccc(-c2ccc3cc(CC(C)C)sc3n2)cc1-c1[c-]c2ccccc2c(C(C)(C)C)c1.[Ir]. The molecule has 52 heavy (non-hydrogen) atoms. The van der Waals surface area contributed by atoms with Crippen LogP contribution in [0.4, 0.5) is 0 Å². The van der Waals surface area contributed by atoms with Crippen molar-refractivity contribution in [2.75, 3.05) is 0 Å². The molecule has 4 nitrogen and oxygen atoms in total. The maximum absolute atomic E-state index is 12.2. The molecule has 1 radical (unpaired) electrons. The van der Waals surface area contributed by atoms with Gasteiger partial charge < -0.3 is 9.67 Å². The van der Waals surface area contributed by atoms with Gasteiger partial charge in [0.15, 0.2) is 5.78 Å². The fraction of sp³-hybridized carbons (Fsp3) is 0.435. The Hall–Kier alpha value is -3.31. The van der Waals surface area contributed by atoms with Crippen LogP contribution in [-0.4, -0.2) is 15.9 Å². The number of aliphatic hydroxyl groups excluding tert-OH is 1. The molecule has 1 N–H and O–H groups in total. The Morgan fingerprint density at radius 3 is 2.15 bits per heavy atom. The molecule has 281 valence electrons. The topological polar surface area (TPSA) is 54.1 Å². The molecule has 0 atom stereocenters. The molecular formula is C46H59IrN2O2S-. The van der Waals surface area contributed by atoms with E-state index in [1.165, 1.54) is 27.3 Å². The van der Waals surface area contributed by atoms with Crippen molar-refractivity contribution in [2.45, 2.75) is 114 Å². The molecule has 5 rings (SSSR count). The van der Waals surface area contributed by atoms with Crippen molar-refractivity contribution in [3.8, 4) is 22.5 Å². The fourth-order valence-electron chi connectivity index (χ4n) is 6.23. The Bertz CT molecular complexity index is 2010. The predicted molar refractivity (Wildman–Crippen MR) is 218 cm³/mol. The van der Waals surface area contributed by atoms with E-state index in [0.717, 1.165) is 64.8 Å². The van der Waals surface area contributed by atoms with Crippen LogP contribution in [0.5, 0.6) is 0 Å². The van der Waals surface area contributed by atoms with Crippen LogP contribution < -0.4 is 4.57 Å². The number of pyridine rings is 2. The van der Waals surface area contributed by atoms with Gasteiger partial charge in [0.2, 0.25) is 0 Å². The van der Waals surface area contributed by atoms with Gasteiger partial charge in [-0.3, -0.25) is 4.79 Å². The molecule has 0 aliphatic carbocycles. The first-order valence-corrected chi connectivity index (χ1v) is 19.5. The average molecular weight is 896 g/mol. The minimum atomic E-state index is -0.337. The summed E-state index contributed by atoms with van der Waals surface area (Å²) in [5.41, 5.74) is 4.90. The van der Waals surface area contributed by atoms with E-state index >= 15 is 0 Å². The number of fused-ring (bicyclic) bond motifs is 2. The summed E-state index contributed by atoms with van der Waals surface area (Å²) in [6, 6.07) is 25.3. The standard InChI is InChI=1S/C31H31N2S.C15H28O2.Ir/c1-20(2)15-25-17-23-11-12-28(32-30(23)34-25)22-13-14-33(6)29(19-22)24-16-21-9-7-8-10-26(21)27(18-24)31(3,4)5;1-7-14(5,8-2)12(16)11-13(17)15(6,9-3)10-4;/h7-14,17-20H,6,15H2,1-5H3;11,16H,7-10H2,1-6H3;/q-1;;/b;12-11-;. The first-order valence-electron chi connectivity index (χ1n) is 18.7. The number of allylic oxidation sites excluding steroid dienone is 2. The van der Waals surface area contributed by atoms with Crippen molar-refractivity contribution in [1.29, 1.82) is 0 Å². The molecule has 0 fully saturated rings. The van der Waals surface area contributed by atoms with Gasteiger partial charge in [-0.25, -0.2) is 4.98 Å². The second-order valence-corrected chi connectivity index (χ2v) is 17.1. The van der Waals surface area contributed by atoms with Gasteiger partial charge in [-0.2, -0.15) is 0 Å². The van der Waals surface area contributed by atoms with Gasteiger partial charge in [0, 0.05) is 54.3 Å². The van der Waals surface area contributed by atoms with E-state index in [4.69, 9.17) is 4.98 Å². The third-order valence-corrected chi connectivity index (χ3v) is 11.9. The maximum atomic E-state index is 12.2. The van der Waals surface area contributed by atoms with E-state index in [1.54, 1.807) is 0 Å². The molecule has 0 amide bonds. The summed E-state index contributed by atoms with van der Waals surface area (Å²) in [5.74, 6) is 0.932. The number of thiophene rings is 1. The Labute approximate surface area is 331 Å². The van der Waals surface area contributed by atoms with Gasteiger partial charge in [0.25, 0.3) is 0 Å². The Kier molecular flexibility index (Phi) is 14.6. The number of aliphatic hydroxyl groups is 1. The molecule has 0 unspecified atom stereocenters. The summed E-state index contributed by atoms with van der Waals surface area (Å²) >= 11 is 1.81. The summed E-state index contributed by atoms with van der Waals surface area (Å²) in [4.78, 5) is 19.7. The number of hydrogen-bond acceptors (Lipinski definition) is 4. The summed E-state index contributed by atoms with van der Waals surface area (Å²) in [6.45, 7) is 23.4. The van der Waals surface area contributed by atoms with E-state index < -0.39 is 0 Å². The number of rotatable bonds is 11. The summed E-state index contributed by atoms with van der Waals surface area (Å²) in [7, 11) is 4.26. The van der Waals surface area contributed by atoms with Crippen LogP contribution >= 0.6 is 11.3 Å². The normalized spacial score (nSPS) is 12.5. The van der Waals surface area contributed by atoms with Crippen molar-refractivity contribution in [3.63, 3.8) is 0 Å². The van der Waals surface area contributed by atoms with E-state index in [1.807, 2.05) is 63.6 Å². The minimum absolute atomic E-state index is 0. The van der Waals surface area contributed by atoms with Gasteiger partial charge in [0.05, 0.1) is 11.9 Å². The summed E-state index contributed by atoms with van der Waals surface area (Å²) in [6.07, 6.45) is 7.88. The first-order chi connectivity index (χ1) is 24.0. The monoisotopic (exact) mass is 896 g/mol. The van der Waals surface area contributed by atoms with Crippen LogP contribution in [0.1, 0.15) is 112 Å². The van der Waals surface area contributed by atoms with Crippen LogP contribution in [0.2, 0.25) is 0 Å². The van der Waals surface area contributed by atoms with Gasteiger partial charge in [0.1, 0.15) is 16.3 Å². The van der Waals surface area contributed by atoms with Crippen LogP contribution in [-0.2, 0) is 36.7 Å². The van der Waals surface area contributed by atoms with E-state index in [-0.39, 0.29) is 47.9 Å². The zero-order valence-corrected chi connectivity index (χ0v) is 36.5. The molecular weight excluding hydrogens is 837 g/mol. The number of hydrogen-bond donors (Lipinski definition) is 1. The molecule has 2 aromatic carbocycles. The molecule has 0 spiro atoms. The van der Waals surface area contributed by atoms with Crippen molar-refractivity contribution < 1.29 is 34.6 Å². The number of carbonyl (C=O) groups excluding carboxylic acids is 1. The van der Waals surface area contributed by atoms with E-state index in [9.17, 15) is 9.90 Å². The smallest absolute Gasteiger partial charge is 0.164 e. The molecule has 6 heteroatoms. The number of carbonyl (C=O) groups is 1. The number of aromatic nitrogens is 2. The number of nitrogens with zero attached hydrogens (tertiary/aromatic N) is 2. The maximum Gasteiger partial charge on any atom is 0.164 e. The average Bonchev–Trinajstić information content (AvgIpc) is 3.51. The van der Waals surface area contributed by atoms with Crippen LogP contribution in [0.15, 0.2) is 78.7 Å². The Morgan fingerprint density at radius 1 is 0.923 bits per heavy atom. The van der Waals surface area contributed by atoms with Gasteiger partial charge in [-0.05, 0) is 79.3 Å². The third-order valence-electron chi connectivity index (χ3n) is 10.8. The Balaban J connectivity index is 0.000000347. The van der Waals surface area contributed by atoms with Crippen LogP contribution in [0.25, 0.3) is 43.5 Å². The second-order valence-electron chi connectivity index (χ2n) is 16.0. The zero-order chi connectivity index (χ0) is 37.7. The molecule has 0 saturated heterocycles. The number of ketones is 1. The minimum Gasteiger partial charge on any atom is -0.512 e. The second kappa shape index (κ2) is 17.7. The van der Waals surface area contributed by atoms with Gasteiger partial charge in [-0.15, -0.1) is 40.5 Å². The summed E-state index contributed by atoms with van der Waals surface area (Å²) in [5, 5.41) is 13.7. The fourth-order valence-corrected chi connectivity index (χ4v) is 7.47. The summed E-state index contributed by atoms with van der Waals surface area (Å²) < 4.78 is 1.93. The van der Waals surface area contributed by atoms with Crippen molar-refractivity contribution in [2.24, 2.45) is 16.7 Å². The van der Waals surface area contributed by atoms with Crippen molar-refractivity contribution in [1.82, 2.24) is 4.98 Å². The predicted octanol–water partition coefficient (Wildman–Crippen LogP) is 12.7. The number of benzene rings is 2. The Morgan fingerprint density at radius 2 is 1.56 bits per heavy atom. The van der Waals surface area contributed by atoms with Crippen molar-refractivity contribution in [3.05, 3.63) is 102 Å². The first kappa shape index (κ1) is 43.1. The van der Waals surface area contributed by atoms with Crippen molar-refractivity contribution >= 4 is 38.1 Å². The third kappa shape index (κ3) is 9.81. The molecule has 3 heterocycles. The van der Waals surface area contributed by atoms with Crippen LogP contribution in [0.3, 0.4) is 0 Å². The van der Waals surface area contributed by atoms with E-state index in [2.05, 4.69) is 108 Å². The van der Waals surface area contributed by atoms with Gasteiger partial charge >= 0.3 is 0 Å². The quantitative estimate of drug-likeness (QED) is 0.0622. The molecule has 0 aliphatic rings. The molecule has 0 aliphatic heterocycles. The molecule has 5 aromatic rings. The molecule has 0 saturated carbocycles. The molecule has 3 aromatic heterocycles. The molecule has 0 bridgehead atoms. The zero-order valence-electron chi connectivity index (χ0n) is 33.2.